The van der Waals surface area contributed by atoms with Gasteiger partial charge in [-0.15, -0.1) is 0 Å². The first-order chi connectivity index (χ1) is 15.2. The molecule has 0 unspecified atom stereocenters. The summed E-state index contributed by atoms with van der Waals surface area (Å²) in [4.78, 5) is 20.3. The molecule has 0 radical (unpaired) electrons. The highest BCUT2D eigenvalue weighted by Gasteiger charge is 2.13. The van der Waals surface area contributed by atoms with E-state index < -0.39 is 0 Å². The molecule has 31 heavy (non-hydrogen) atoms. The maximum atomic E-state index is 5.14. The largest absolute Gasteiger partial charge is 0.383 e. The predicted molar refractivity (Wildman–Crippen MR) is 122 cm³/mol. The number of hydrogen-bond donors (Lipinski definition) is 1. The van der Waals surface area contributed by atoms with Crippen molar-refractivity contribution in [2.24, 2.45) is 4.99 Å². The van der Waals surface area contributed by atoms with Crippen LogP contribution in [0.1, 0.15) is 11.1 Å². The van der Waals surface area contributed by atoms with E-state index in [4.69, 9.17) is 9.72 Å². The number of imidazole rings is 1. The number of hydrogen-bond acceptors (Lipinski definition) is 7. The fourth-order valence-electron chi connectivity index (χ4n) is 3.59. The molecule has 0 amide bonds. The molecule has 1 N–H and O–H groups in total. The number of ether oxygens (including phenoxy) is 1. The molecule has 8 nitrogen and oxygen atoms in total. The Morgan fingerprint density at radius 2 is 2.13 bits per heavy atom. The molecule has 1 aromatic carbocycles. The molecule has 1 aliphatic rings. The summed E-state index contributed by atoms with van der Waals surface area (Å²) in [5.41, 5.74) is 5.92. The van der Waals surface area contributed by atoms with Crippen molar-refractivity contribution in [1.82, 2.24) is 19.4 Å². The van der Waals surface area contributed by atoms with Crippen LogP contribution >= 0.6 is 0 Å². The Morgan fingerprint density at radius 3 is 2.97 bits per heavy atom. The molecule has 0 atom stereocenters. The second kappa shape index (κ2) is 8.16. The fourth-order valence-corrected chi connectivity index (χ4v) is 3.59. The first-order valence-electron chi connectivity index (χ1n) is 10.1. The molecule has 0 spiro atoms. The summed E-state index contributed by atoms with van der Waals surface area (Å²) < 4.78 is 7.12. The van der Waals surface area contributed by atoms with Crippen molar-refractivity contribution in [2.75, 3.05) is 37.5 Å². The summed E-state index contributed by atoms with van der Waals surface area (Å²) in [5.74, 6) is 1.57. The third kappa shape index (κ3) is 3.85. The van der Waals surface area contributed by atoms with Gasteiger partial charge in [0.1, 0.15) is 5.82 Å². The molecule has 0 fully saturated rings. The highest BCUT2D eigenvalue weighted by atomic mass is 16.5. The molecule has 5 rings (SSSR count). The average Bonchev–Trinajstić information content (AvgIpc) is 3.46. The topological polar surface area (TPSA) is 79.9 Å². The zero-order valence-corrected chi connectivity index (χ0v) is 17.5. The number of methoxy groups -OCH3 is 1. The second-order valence-electron chi connectivity index (χ2n) is 7.46. The number of nitrogens with zero attached hydrogens (tertiary/aromatic N) is 6. The number of rotatable bonds is 7. The molecule has 0 saturated heterocycles. The first-order valence-corrected chi connectivity index (χ1v) is 10.1. The van der Waals surface area contributed by atoms with Crippen LogP contribution in [0.15, 0.2) is 60.1 Å². The molecule has 0 bridgehead atoms. The molecule has 4 aromatic rings. The van der Waals surface area contributed by atoms with Gasteiger partial charge >= 0.3 is 0 Å². The SMILES string of the molecule is COCCN(C)c1ccc(Nc2nc(-c3ccc4c(c3)CN=C4)cn3ccnc23)cn1. The van der Waals surface area contributed by atoms with Crippen LogP contribution in [0.3, 0.4) is 0 Å². The predicted octanol–water partition coefficient (Wildman–Crippen LogP) is 3.55. The molecule has 3 aromatic heterocycles. The average molecular weight is 413 g/mol. The minimum absolute atomic E-state index is 0.654. The maximum absolute atomic E-state index is 5.14. The summed E-state index contributed by atoms with van der Waals surface area (Å²) >= 11 is 0. The Morgan fingerprint density at radius 1 is 1.19 bits per heavy atom. The van der Waals surface area contributed by atoms with Crippen LogP contribution in [0.5, 0.6) is 0 Å². The van der Waals surface area contributed by atoms with Crippen LogP contribution in [0.25, 0.3) is 16.9 Å². The standard InChI is InChI=1S/C23H23N7O/c1-29(9-10-31-2)21-6-5-19(14-26-21)27-22-23-25-7-8-30(23)15-20(28-22)16-3-4-17-12-24-13-18(17)11-16/h3-8,11-12,14-15H,9-10,13H2,1-2H3,(H,27,28). The van der Waals surface area contributed by atoms with Gasteiger partial charge in [0.25, 0.3) is 0 Å². The van der Waals surface area contributed by atoms with E-state index in [9.17, 15) is 0 Å². The summed E-state index contributed by atoms with van der Waals surface area (Å²) in [5, 5.41) is 3.38. The number of pyridine rings is 1. The number of nitrogens with one attached hydrogen (secondary N) is 1. The van der Waals surface area contributed by atoms with Gasteiger partial charge in [-0.05, 0) is 29.3 Å². The number of likely N-dealkylation sites (N-methyl/N-ethyl adjacent to an activating group) is 1. The highest BCUT2D eigenvalue weighted by Crippen LogP contribution is 2.27. The lowest BCUT2D eigenvalue weighted by Crippen LogP contribution is -2.22. The number of aliphatic imine (C=N–C) groups is 1. The van der Waals surface area contributed by atoms with Crippen molar-refractivity contribution < 1.29 is 4.74 Å². The van der Waals surface area contributed by atoms with Crippen molar-refractivity contribution in [3.63, 3.8) is 0 Å². The Balaban J connectivity index is 1.44. The zero-order chi connectivity index (χ0) is 21.2. The van der Waals surface area contributed by atoms with E-state index in [1.54, 1.807) is 19.5 Å². The van der Waals surface area contributed by atoms with Gasteiger partial charge < -0.3 is 19.4 Å². The number of benzene rings is 1. The smallest absolute Gasteiger partial charge is 0.180 e. The van der Waals surface area contributed by atoms with Gasteiger partial charge in [0.15, 0.2) is 11.5 Å². The van der Waals surface area contributed by atoms with E-state index in [0.29, 0.717) is 12.4 Å². The van der Waals surface area contributed by atoms with E-state index >= 15 is 0 Å². The zero-order valence-electron chi connectivity index (χ0n) is 17.5. The van der Waals surface area contributed by atoms with Crippen molar-refractivity contribution >= 4 is 29.2 Å². The van der Waals surface area contributed by atoms with Gasteiger partial charge in [-0.2, -0.15) is 0 Å². The van der Waals surface area contributed by atoms with E-state index in [2.05, 4.69) is 43.4 Å². The summed E-state index contributed by atoms with van der Waals surface area (Å²) in [6.45, 7) is 2.15. The molecule has 156 valence electrons. The van der Waals surface area contributed by atoms with Gasteiger partial charge in [-0.25, -0.2) is 15.0 Å². The number of fused-ring (bicyclic) bond motifs is 2. The van der Waals surface area contributed by atoms with Crippen molar-refractivity contribution in [3.05, 3.63) is 66.2 Å². The number of aromatic nitrogens is 4. The van der Waals surface area contributed by atoms with Gasteiger partial charge in [0.05, 0.1) is 30.7 Å². The summed E-state index contributed by atoms with van der Waals surface area (Å²) in [7, 11) is 3.69. The van der Waals surface area contributed by atoms with Crippen molar-refractivity contribution in [2.45, 2.75) is 6.54 Å². The molecule has 0 saturated carbocycles. The second-order valence-corrected chi connectivity index (χ2v) is 7.46. The Hall–Kier alpha value is -3.78. The summed E-state index contributed by atoms with van der Waals surface area (Å²) in [6.07, 6.45) is 9.42. The maximum Gasteiger partial charge on any atom is 0.180 e. The van der Waals surface area contributed by atoms with Crippen LogP contribution in [0, 0.1) is 0 Å². The van der Waals surface area contributed by atoms with Crippen LogP contribution in [-0.2, 0) is 11.3 Å². The Labute approximate surface area is 180 Å². The normalized spacial score (nSPS) is 12.3. The van der Waals surface area contributed by atoms with Crippen LogP contribution < -0.4 is 10.2 Å². The highest BCUT2D eigenvalue weighted by molar-refractivity contribution is 5.86. The van der Waals surface area contributed by atoms with Gasteiger partial charge in [-0.3, -0.25) is 4.99 Å². The minimum Gasteiger partial charge on any atom is -0.383 e. The van der Waals surface area contributed by atoms with Crippen molar-refractivity contribution in [1.29, 1.82) is 0 Å². The minimum atomic E-state index is 0.654. The molecular weight excluding hydrogens is 390 g/mol. The van der Waals surface area contributed by atoms with E-state index in [-0.39, 0.29) is 0 Å². The van der Waals surface area contributed by atoms with E-state index in [1.165, 1.54) is 11.1 Å². The Bertz CT molecular complexity index is 1250. The van der Waals surface area contributed by atoms with E-state index in [1.807, 2.05) is 42.2 Å². The van der Waals surface area contributed by atoms with Gasteiger partial charge in [-0.1, -0.05) is 12.1 Å². The fraction of sp³-hybridized carbons (Fsp3) is 0.217. The van der Waals surface area contributed by atoms with Gasteiger partial charge in [0, 0.05) is 51.1 Å². The van der Waals surface area contributed by atoms with Gasteiger partial charge in [0.2, 0.25) is 0 Å². The van der Waals surface area contributed by atoms with E-state index in [0.717, 1.165) is 41.5 Å². The van der Waals surface area contributed by atoms with Crippen LogP contribution in [-0.4, -0.2) is 52.9 Å². The van der Waals surface area contributed by atoms with Crippen LogP contribution in [0.4, 0.5) is 17.3 Å². The number of anilines is 3. The lowest BCUT2D eigenvalue weighted by atomic mass is 10.0. The third-order valence-corrected chi connectivity index (χ3v) is 5.34. The van der Waals surface area contributed by atoms with Crippen molar-refractivity contribution in [3.8, 4) is 11.3 Å². The monoisotopic (exact) mass is 413 g/mol. The molecule has 0 aliphatic carbocycles. The quantitative estimate of drug-likeness (QED) is 0.499. The van der Waals surface area contributed by atoms with Crippen LogP contribution in [0.2, 0.25) is 0 Å². The lowest BCUT2D eigenvalue weighted by molar-refractivity contribution is 0.206. The first kappa shape index (κ1) is 19.2. The Kier molecular flexibility index (Phi) is 5.05. The molecule has 8 heteroatoms. The molecule has 1 aliphatic heterocycles. The third-order valence-electron chi connectivity index (χ3n) is 5.34. The molecule has 4 heterocycles. The lowest BCUT2D eigenvalue weighted by Gasteiger charge is -2.18. The molecular formula is C23H23N7O. The summed E-state index contributed by atoms with van der Waals surface area (Å²) in [6, 6.07) is 10.3.